The molecule has 126 valence electrons. The number of rotatable bonds is 4. The highest BCUT2D eigenvalue weighted by molar-refractivity contribution is 5.98. The van der Waals surface area contributed by atoms with Gasteiger partial charge >= 0.3 is 0 Å². The van der Waals surface area contributed by atoms with Gasteiger partial charge in [-0.15, -0.1) is 0 Å². The summed E-state index contributed by atoms with van der Waals surface area (Å²) in [6.45, 7) is 0. The fourth-order valence-electron chi connectivity index (χ4n) is 2.93. The molecule has 0 aliphatic rings. The zero-order chi connectivity index (χ0) is 17.9. The molecule has 3 aromatic carbocycles. The van der Waals surface area contributed by atoms with Gasteiger partial charge in [-0.3, -0.25) is 4.79 Å². The second kappa shape index (κ2) is 6.69. The van der Waals surface area contributed by atoms with Crippen molar-refractivity contribution < 1.29 is 4.79 Å². The van der Waals surface area contributed by atoms with E-state index in [4.69, 9.17) is 5.73 Å². The molecule has 0 spiro atoms. The number of amides is 1. The van der Waals surface area contributed by atoms with E-state index in [1.54, 1.807) is 10.9 Å². The van der Waals surface area contributed by atoms with E-state index in [1.165, 1.54) is 0 Å². The van der Waals surface area contributed by atoms with Crippen LogP contribution >= 0.6 is 0 Å². The molecule has 0 aliphatic carbocycles. The van der Waals surface area contributed by atoms with Gasteiger partial charge in [-0.05, 0) is 23.3 Å². The number of benzene rings is 3. The fourth-order valence-corrected chi connectivity index (χ4v) is 2.93. The molecule has 1 heterocycles. The lowest BCUT2D eigenvalue weighted by atomic mass is 10.0. The molecule has 0 aliphatic heterocycles. The van der Waals surface area contributed by atoms with E-state index in [-0.39, 0.29) is 0 Å². The quantitative estimate of drug-likeness (QED) is 0.602. The minimum Gasteiger partial charge on any atom is -0.365 e. The molecule has 0 radical (unpaired) electrons. The van der Waals surface area contributed by atoms with Crippen LogP contribution in [0.4, 0.5) is 0 Å². The Morgan fingerprint density at radius 3 is 1.88 bits per heavy atom. The van der Waals surface area contributed by atoms with E-state index in [2.05, 4.69) is 17.2 Å². The number of aromatic nitrogens is 2. The average molecular weight is 339 g/mol. The molecular weight excluding hydrogens is 322 g/mol. The first-order valence-electron chi connectivity index (χ1n) is 8.33. The van der Waals surface area contributed by atoms with Gasteiger partial charge < -0.3 is 5.73 Å². The molecule has 4 aromatic rings. The SMILES string of the molecule is NC(=O)c1cn(-c2ccccc2)nc1-c1ccc(-c2ccccc2)cc1. The molecule has 4 heteroatoms. The largest absolute Gasteiger partial charge is 0.365 e. The number of nitrogens with two attached hydrogens (primary N) is 1. The van der Waals surface area contributed by atoms with Crippen LogP contribution in [0.1, 0.15) is 10.4 Å². The van der Waals surface area contributed by atoms with Crippen molar-refractivity contribution in [1.82, 2.24) is 9.78 Å². The van der Waals surface area contributed by atoms with Crippen molar-refractivity contribution in [2.75, 3.05) is 0 Å². The number of nitrogens with zero attached hydrogens (tertiary/aromatic N) is 2. The van der Waals surface area contributed by atoms with Gasteiger partial charge in [-0.1, -0.05) is 72.8 Å². The Labute approximate surface area is 151 Å². The Bertz CT molecular complexity index is 1040. The van der Waals surface area contributed by atoms with E-state index < -0.39 is 5.91 Å². The molecule has 0 bridgehead atoms. The van der Waals surface area contributed by atoms with Gasteiger partial charge in [0.05, 0.1) is 11.3 Å². The zero-order valence-electron chi connectivity index (χ0n) is 14.0. The minimum absolute atomic E-state index is 0.404. The highest BCUT2D eigenvalue weighted by atomic mass is 16.1. The molecule has 26 heavy (non-hydrogen) atoms. The first-order chi connectivity index (χ1) is 12.7. The van der Waals surface area contributed by atoms with Gasteiger partial charge in [0.2, 0.25) is 0 Å². The molecule has 0 unspecified atom stereocenters. The van der Waals surface area contributed by atoms with Gasteiger partial charge in [0.25, 0.3) is 5.91 Å². The lowest BCUT2D eigenvalue weighted by Crippen LogP contribution is -2.11. The lowest BCUT2D eigenvalue weighted by Gasteiger charge is -2.04. The maximum absolute atomic E-state index is 11.9. The van der Waals surface area contributed by atoms with Crippen LogP contribution in [0.5, 0.6) is 0 Å². The molecule has 1 amide bonds. The Morgan fingerprint density at radius 1 is 0.731 bits per heavy atom. The Hall–Kier alpha value is -3.66. The predicted molar refractivity (Wildman–Crippen MR) is 103 cm³/mol. The summed E-state index contributed by atoms with van der Waals surface area (Å²) in [7, 11) is 0. The molecular formula is C22H17N3O. The third-order valence-electron chi connectivity index (χ3n) is 4.27. The first kappa shape index (κ1) is 15.8. The van der Waals surface area contributed by atoms with E-state index in [0.29, 0.717) is 11.3 Å². The van der Waals surface area contributed by atoms with E-state index >= 15 is 0 Å². The molecule has 0 fully saturated rings. The summed E-state index contributed by atoms with van der Waals surface area (Å²) in [6, 6.07) is 27.8. The van der Waals surface area contributed by atoms with Crippen LogP contribution in [0.3, 0.4) is 0 Å². The van der Waals surface area contributed by atoms with E-state index in [9.17, 15) is 4.79 Å². The second-order valence-corrected chi connectivity index (χ2v) is 5.98. The van der Waals surface area contributed by atoms with Crippen LogP contribution in [0.25, 0.3) is 28.1 Å². The summed E-state index contributed by atoms with van der Waals surface area (Å²) in [5.74, 6) is -0.491. The molecule has 4 rings (SSSR count). The minimum atomic E-state index is -0.491. The summed E-state index contributed by atoms with van der Waals surface area (Å²) in [6.07, 6.45) is 1.68. The molecule has 0 atom stereocenters. The van der Waals surface area contributed by atoms with Crippen LogP contribution in [0.15, 0.2) is 91.1 Å². The number of para-hydroxylation sites is 1. The molecule has 2 N–H and O–H groups in total. The standard InChI is InChI=1S/C22H17N3O/c23-22(26)20-15-25(19-9-5-2-6-10-19)24-21(20)18-13-11-17(12-14-18)16-7-3-1-4-8-16/h1-15H,(H2,23,26). The topological polar surface area (TPSA) is 60.9 Å². The van der Waals surface area contributed by atoms with E-state index in [0.717, 1.165) is 22.4 Å². The molecule has 0 saturated heterocycles. The smallest absolute Gasteiger partial charge is 0.252 e. The van der Waals surface area contributed by atoms with Crippen molar-refractivity contribution in [3.63, 3.8) is 0 Å². The Balaban J connectivity index is 1.75. The van der Waals surface area contributed by atoms with Gasteiger partial charge in [0, 0.05) is 11.8 Å². The zero-order valence-corrected chi connectivity index (χ0v) is 14.0. The van der Waals surface area contributed by atoms with Crippen LogP contribution in [-0.4, -0.2) is 15.7 Å². The number of carbonyl (C=O) groups excluding carboxylic acids is 1. The lowest BCUT2D eigenvalue weighted by molar-refractivity contribution is 0.100. The van der Waals surface area contributed by atoms with Crippen molar-refractivity contribution in [1.29, 1.82) is 0 Å². The monoisotopic (exact) mass is 339 g/mol. The fraction of sp³-hybridized carbons (Fsp3) is 0. The van der Waals surface area contributed by atoms with Crippen molar-refractivity contribution >= 4 is 5.91 Å². The normalized spacial score (nSPS) is 10.6. The summed E-state index contributed by atoms with van der Waals surface area (Å²) < 4.78 is 1.68. The van der Waals surface area contributed by atoms with Crippen LogP contribution in [0, 0.1) is 0 Å². The highest BCUT2D eigenvalue weighted by Crippen LogP contribution is 2.27. The van der Waals surface area contributed by atoms with E-state index in [1.807, 2.05) is 72.8 Å². The first-order valence-corrected chi connectivity index (χ1v) is 8.33. The number of hydrogen-bond acceptors (Lipinski definition) is 2. The molecule has 4 nitrogen and oxygen atoms in total. The van der Waals surface area contributed by atoms with Gasteiger partial charge in [-0.2, -0.15) is 5.10 Å². The average Bonchev–Trinajstić information content (AvgIpc) is 3.15. The third-order valence-corrected chi connectivity index (χ3v) is 4.27. The Morgan fingerprint density at radius 2 is 1.27 bits per heavy atom. The molecule has 1 aromatic heterocycles. The predicted octanol–water partition coefficient (Wildman–Crippen LogP) is 4.31. The van der Waals surface area contributed by atoms with Crippen molar-refractivity contribution in [2.24, 2.45) is 5.73 Å². The summed E-state index contributed by atoms with van der Waals surface area (Å²) >= 11 is 0. The van der Waals surface area contributed by atoms with Crippen molar-refractivity contribution in [3.8, 4) is 28.1 Å². The summed E-state index contributed by atoms with van der Waals surface area (Å²) in [4.78, 5) is 11.9. The van der Waals surface area contributed by atoms with Crippen LogP contribution in [0.2, 0.25) is 0 Å². The maximum atomic E-state index is 11.9. The number of primary amides is 1. The highest BCUT2D eigenvalue weighted by Gasteiger charge is 2.16. The summed E-state index contributed by atoms with van der Waals surface area (Å²) in [5.41, 5.74) is 10.5. The van der Waals surface area contributed by atoms with Crippen LogP contribution in [-0.2, 0) is 0 Å². The second-order valence-electron chi connectivity index (χ2n) is 5.98. The van der Waals surface area contributed by atoms with Crippen molar-refractivity contribution in [3.05, 3.63) is 96.7 Å². The Kier molecular flexibility index (Phi) is 4.07. The van der Waals surface area contributed by atoms with Crippen molar-refractivity contribution in [2.45, 2.75) is 0 Å². The third kappa shape index (κ3) is 3.00. The van der Waals surface area contributed by atoms with Gasteiger partial charge in [0.1, 0.15) is 5.69 Å². The van der Waals surface area contributed by atoms with Gasteiger partial charge in [0.15, 0.2) is 0 Å². The molecule has 0 saturated carbocycles. The number of hydrogen-bond donors (Lipinski definition) is 1. The van der Waals surface area contributed by atoms with Crippen LogP contribution < -0.4 is 5.73 Å². The van der Waals surface area contributed by atoms with Gasteiger partial charge in [-0.25, -0.2) is 4.68 Å². The summed E-state index contributed by atoms with van der Waals surface area (Å²) in [5, 5.41) is 4.59. The maximum Gasteiger partial charge on any atom is 0.252 e. The number of carbonyl (C=O) groups is 1.